The highest BCUT2D eigenvalue weighted by Crippen LogP contribution is 2.39. The Morgan fingerprint density at radius 2 is 2.03 bits per heavy atom. The third kappa shape index (κ3) is 3.74. The maximum absolute atomic E-state index is 5.71. The number of fused-ring (bicyclic) bond motifs is 1. The predicted molar refractivity (Wildman–Crippen MR) is 125 cm³/mol. The Kier molecular flexibility index (Phi) is 5.60. The van der Waals surface area contributed by atoms with Crippen molar-refractivity contribution in [1.82, 2.24) is 14.5 Å². The van der Waals surface area contributed by atoms with Crippen molar-refractivity contribution in [3.8, 4) is 22.8 Å². The molecule has 4 aromatic rings. The quantitative estimate of drug-likeness (QED) is 0.435. The minimum absolute atomic E-state index is 0.613. The molecule has 1 aliphatic heterocycles. The molecule has 1 aromatic carbocycles. The Morgan fingerprint density at radius 1 is 1.09 bits per heavy atom. The first-order valence-corrected chi connectivity index (χ1v) is 10.7. The second kappa shape index (κ2) is 8.85. The van der Waals surface area contributed by atoms with Gasteiger partial charge in [-0.1, -0.05) is 18.2 Å². The van der Waals surface area contributed by atoms with Crippen LogP contribution in [0.3, 0.4) is 0 Å². The lowest BCUT2D eigenvalue weighted by Gasteiger charge is -2.17. The van der Waals surface area contributed by atoms with Gasteiger partial charge in [-0.2, -0.15) is 0 Å². The SMILES string of the molecule is COc1cccc(-c2cc3c(ccn3Cc3cccnc3)c(C3=CCOCC3)n2)c1OC. The molecule has 0 amide bonds. The summed E-state index contributed by atoms with van der Waals surface area (Å²) >= 11 is 0. The van der Waals surface area contributed by atoms with Crippen molar-refractivity contribution in [2.75, 3.05) is 27.4 Å². The summed E-state index contributed by atoms with van der Waals surface area (Å²) in [6, 6.07) is 14.2. The molecular weight excluding hydrogens is 402 g/mol. The van der Waals surface area contributed by atoms with Crippen LogP contribution in [0.1, 0.15) is 17.7 Å². The van der Waals surface area contributed by atoms with Crippen molar-refractivity contribution in [3.63, 3.8) is 0 Å². The Labute approximate surface area is 187 Å². The molecule has 162 valence electrons. The molecular formula is C26H25N3O3. The van der Waals surface area contributed by atoms with E-state index < -0.39 is 0 Å². The van der Waals surface area contributed by atoms with Gasteiger partial charge in [-0.15, -0.1) is 0 Å². The van der Waals surface area contributed by atoms with Gasteiger partial charge in [0, 0.05) is 36.1 Å². The number of benzene rings is 1. The van der Waals surface area contributed by atoms with Crippen molar-refractivity contribution in [2.24, 2.45) is 0 Å². The van der Waals surface area contributed by atoms with Crippen LogP contribution in [0.2, 0.25) is 0 Å². The number of hydrogen-bond acceptors (Lipinski definition) is 5. The van der Waals surface area contributed by atoms with Crippen molar-refractivity contribution < 1.29 is 14.2 Å². The van der Waals surface area contributed by atoms with Gasteiger partial charge in [-0.05, 0) is 47.9 Å². The van der Waals surface area contributed by atoms with E-state index in [0.717, 1.165) is 46.4 Å². The summed E-state index contributed by atoms with van der Waals surface area (Å²) in [5.74, 6) is 1.36. The maximum atomic E-state index is 5.71. The standard InChI is InChI=1S/C26H25N3O3/c1-30-24-7-3-6-20(26(24)31-2)22-15-23-21(25(28-22)19-9-13-32-14-10-19)8-12-29(23)17-18-5-4-11-27-16-18/h3-9,11-12,15-16H,10,13-14,17H2,1-2H3. The zero-order valence-corrected chi connectivity index (χ0v) is 18.2. The van der Waals surface area contributed by atoms with Gasteiger partial charge in [0.1, 0.15) is 0 Å². The van der Waals surface area contributed by atoms with Crippen molar-refractivity contribution >= 4 is 16.5 Å². The van der Waals surface area contributed by atoms with Crippen molar-refractivity contribution in [3.05, 3.63) is 78.4 Å². The van der Waals surface area contributed by atoms with Gasteiger partial charge in [-0.3, -0.25) is 4.98 Å². The van der Waals surface area contributed by atoms with Gasteiger partial charge in [0.15, 0.2) is 11.5 Å². The van der Waals surface area contributed by atoms with E-state index in [0.29, 0.717) is 24.7 Å². The molecule has 0 radical (unpaired) electrons. The fraction of sp³-hybridized carbons (Fsp3) is 0.231. The van der Waals surface area contributed by atoms with Gasteiger partial charge in [0.2, 0.25) is 0 Å². The maximum Gasteiger partial charge on any atom is 0.170 e. The van der Waals surface area contributed by atoms with E-state index in [1.54, 1.807) is 20.4 Å². The van der Waals surface area contributed by atoms with Crippen LogP contribution >= 0.6 is 0 Å². The number of nitrogens with zero attached hydrogens (tertiary/aromatic N) is 3. The predicted octanol–water partition coefficient (Wildman–Crippen LogP) is 4.97. The van der Waals surface area contributed by atoms with Crippen LogP contribution in [0.4, 0.5) is 0 Å². The first-order valence-electron chi connectivity index (χ1n) is 10.7. The fourth-order valence-electron chi connectivity index (χ4n) is 4.23. The Bertz CT molecular complexity index is 1280. The highest BCUT2D eigenvalue weighted by molar-refractivity contribution is 5.94. The highest BCUT2D eigenvalue weighted by Gasteiger charge is 2.19. The number of hydrogen-bond donors (Lipinski definition) is 0. The summed E-state index contributed by atoms with van der Waals surface area (Å²) in [6.07, 6.45) is 8.80. The molecule has 0 unspecified atom stereocenters. The molecule has 0 fully saturated rings. The van der Waals surface area contributed by atoms with E-state index in [2.05, 4.69) is 40.0 Å². The minimum Gasteiger partial charge on any atom is -0.493 e. The topological polar surface area (TPSA) is 58.4 Å². The Balaban J connectivity index is 1.72. The Morgan fingerprint density at radius 3 is 2.78 bits per heavy atom. The van der Waals surface area contributed by atoms with Crippen LogP contribution in [0, 0.1) is 0 Å². The normalized spacial score (nSPS) is 13.8. The summed E-state index contributed by atoms with van der Waals surface area (Å²) in [6.45, 7) is 2.05. The average Bonchev–Trinajstić information content (AvgIpc) is 3.26. The number of pyridine rings is 2. The largest absolute Gasteiger partial charge is 0.493 e. The summed E-state index contributed by atoms with van der Waals surface area (Å²) in [5, 5.41) is 1.13. The number of para-hydroxylation sites is 1. The minimum atomic E-state index is 0.613. The number of methoxy groups -OCH3 is 2. The second-order valence-corrected chi connectivity index (χ2v) is 7.69. The molecule has 0 bridgehead atoms. The van der Waals surface area contributed by atoms with Gasteiger partial charge in [-0.25, -0.2) is 4.98 Å². The molecule has 1 aliphatic rings. The molecule has 5 rings (SSSR count). The summed E-state index contributed by atoms with van der Waals surface area (Å²) in [7, 11) is 3.31. The molecule has 0 aliphatic carbocycles. The lowest BCUT2D eigenvalue weighted by atomic mass is 10.0. The molecule has 0 atom stereocenters. The van der Waals surface area contributed by atoms with Crippen LogP contribution in [0.5, 0.6) is 11.5 Å². The fourth-order valence-corrected chi connectivity index (χ4v) is 4.23. The van der Waals surface area contributed by atoms with E-state index in [4.69, 9.17) is 19.2 Å². The number of rotatable bonds is 6. The van der Waals surface area contributed by atoms with E-state index in [9.17, 15) is 0 Å². The van der Waals surface area contributed by atoms with Crippen LogP contribution in [0.25, 0.3) is 27.7 Å². The summed E-state index contributed by atoms with van der Waals surface area (Å²) < 4.78 is 19.0. The average molecular weight is 428 g/mol. The summed E-state index contributed by atoms with van der Waals surface area (Å²) in [5.41, 5.74) is 6.22. The van der Waals surface area contributed by atoms with Crippen LogP contribution in [-0.4, -0.2) is 42.0 Å². The molecule has 3 aromatic heterocycles. The van der Waals surface area contributed by atoms with E-state index in [1.807, 2.05) is 30.5 Å². The number of aromatic nitrogens is 3. The molecule has 0 saturated carbocycles. The molecule has 32 heavy (non-hydrogen) atoms. The molecule has 0 spiro atoms. The van der Waals surface area contributed by atoms with E-state index in [1.165, 1.54) is 5.57 Å². The Hall–Kier alpha value is -3.64. The van der Waals surface area contributed by atoms with Gasteiger partial charge in [0.05, 0.1) is 44.3 Å². The first kappa shape index (κ1) is 20.3. The molecule has 6 nitrogen and oxygen atoms in total. The van der Waals surface area contributed by atoms with Crippen LogP contribution in [0.15, 0.2) is 67.1 Å². The first-order chi connectivity index (χ1) is 15.8. The van der Waals surface area contributed by atoms with Crippen molar-refractivity contribution in [2.45, 2.75) is 13.0 Å². The zero-order chi connectivity index (χ0) is 21.9. The van der Waals surface area contributed by atoms with Gasteiger partial charge in [0.25, 0.3) is 0 Å². The van der Waals surface area contributed by atoms with Crippen molar-refractivity contribution in [1.29, 1.82) is 0 Å². The highest BCUT2D eigenvalue weighted by atomic mass is 16.5. The monoisotopic (exact) mass is 427 g/mol. The molecule has 4 heterocycles. The molecule has 6 heteroatoms. The second-order valence-electron chi connectivity index (χ2n) is 7.69. The third-order valence-electron chi connectivity index (χ3n) is 5.79. The van der Waals surface area contributed by atoms with Crippen LogP contribution in [-0.2, 0) is 11.3 Å². The lowest BCUT2D eigenvalue weighted by molar-refractivity contribution is 0.161. The smallest absolute Gasteiger partial charge is 0.170 e. The van der Waals surface area contributed by atoms with E-state index >= 15 is 0 Å². The lowest BCUT2D eigenvalue weighted by Crippen LogP contribution is -2.06. The molecule has 0 saturated heterocycles. The van der Waals surface area contributed by atoms with Crippen LogP contribution < -0.4 is 9.47 Å². The number of ether oxygens (including phenoxy) is 3. The molecule has 0 N–H and O–H groups in total. The third-order valence-corrected chi connectivity index (χ3v) is 5.79. The zero-order valence-electron chi connectivity index (χ0n) is 18.2. The van der Waals surface area contributed by atoms with Gasteiger partial charge < -0.3 is 18.8 Å². The summed E-state index contributed by atoms with van der Waals surface area (Å²) in [4.78, 5) is 9.38. The van der Waals surface area contributed by atoms with E-state index in [-0.39, 0.29) is 0 Å². The van der Waals surface area contributed by atoms with Gasteiger partial charge >= 0.3 is 0 Å².